The summed E-state index contributed by atoms with van der Waals surface area (Å²) in [5.41, 5.74) is 1.38. The van der Waals surface area contributed by atoms with Gasteiger partial charge in [-0.1, -0.05) is 61.7 Å². The van der Waals surface area contributed by atoms with Gasteiger partial charge in [-0.05, 0) is 83.4 Å². The Morgan fingerprint density at radius 1 is 0.923 bits per heavy atom. The van der Waals surface area contributed by atoms with Crippen LogP contribution in [0.1, 0.15) is 82.8 Å². The number of carbonyl (C=O) groups excluding carboxylic acids is 3. The van der Waals surface area contributed by atoms with Crippen molar-refractivity contribution in [1.29, 1.82) is 0 Å². The molecule has 6 atom stereocenters. The molecule has 0 bridgehead atoms. The fourth-order valence-electron chi connectivity index (χ4n) is 7.45. The highest BCUT2D eigenvalue weighted by molar-refractivity contribution is 7.92. The number of para-hydroxylation sites is 2. The number of benzene rings is 2. The first-order valence-electron chi connectivity index (χ1n) is 18.2. The minimum Gasteiger partial charge on any atom is -0.390 e. The van der Waals surface area contributed by atoms with Crippen molar-refractivity contribution in [1.82, 2.24) is 30.8 Å². The molecule has 3 aromatic rings. The first-order valence-corrected chi connectivity index (χ1v) is 20.1. The summed E-state index contributed by atoms with van der Waals surface area (Å²) in [5, 5.41) is 20.7. The summed E-state index contributed by atoms with van der Waals surface area (Å²) in [6, 6.07) is 13.5. The average Bonchev–Trinajstić information content (AvgIpc) is 3.08. The van der Waals surface area contributed by atoms with E-state index in [9.17, 15) is 27.9 Å². The van der Waals surface area contributed by atoms with Gasteiger partial charge in [0.15, 0.2) is 9.84 Å². The number of amides is 3. The van der Waals surface area contributed by atoms with E-state index in [0.29, 0.717) is 35.8 Å². The molecule has 12 nitrogen and oxygen atoms in total. The van der Waals surface area contributed by atoms with Gasteiger partial charge in [0.2, 0.25) is 11.8 Å². The predicted octanol–water partition coefficient (Wildman–Crippen LogP) is 3.44. The van der Waals surface area contributed by atoms with Crippen LogP contribution >= 0.6 is 0 Å². The minimum absolute atomic E-state index is 0.0765. The van der Waals surface area contributed by atoms with E-state index in [-0.39, 0.29) is 24.6 Å². The zero-order chi connectivity index (χ0) is 37.8. The summed E-state index contributed by atoms with van der Waals surface area (Å²) in [7, 11) is -3.92. The van der Waals surface area contributed by atoms with Crippen LogP contribution < -0.4 is 16.0 Å². The number of aliphatic hydroxyl groups excluding tert-OH is 1. The van der Waals surface area contributed by atoms with Gasteiger partial charge in [-0.2, -0.15) is 0 Å². The van der Waals surface area contributed by atoms with Gasteiger partial charge in [0.05, 0.1) is 40.2 Å². The third-order valence-corrected chi connectivity index (χ3v) is 12.8. The number of β-amino-alcohol motifs (C(OH)–C–C–N with tert-alkyl or cyclic N) is 1. The Morgan fingerprint density at radius 3 is 2.21 bits per heavy atom. The summed E-state index contributed by atoms with van der Waals surface area (Å²) in [4.78, 5) is 52.3. The van der Waals surface area contributed by atoms with Crippen LogP contribution in [0.2, 0.25) is 0 Å². The van der Waals surface area contributed by atoms with Crippen molar-refractivity contribution in [2.45, 2.75) is 108 Å². The van der Waals surface area contributed by atoms with Crippen LogP contribution in [0.5, 0.6) is 0 Å². The molecule has 2 aliphatic rings. The second-order valence-corrected chi connectivity index (χ2v) is 18.7. The number of hydrogen-bond acceptors (Lipinski definition) is 9. The molecule has 5 rings (SSSR count). The molecule has 4 N–H and O–H groups in total. The van der Waals surface area contributed by atoms with Crippen molar-refractivity contribution in [3.05, 3.63) is 72.1 Å². The molecule has 0 radical (unpaired) electrons. The fourth-order valence-corrected chi connectivity index (χ4v) is 8.05. The zero-order valence-corrected chi connectivity index (χ0v) is 31.9. The largest absolute Gasteiger partial charge is 0.390 e. The van der Waals surface area contributed by atoms with Crippen LogP contribution in [0.15, 0.2) is 60.8 Å². The smallest absolute Gasteiger partial charge is 0.272 e. The van der Waals surface area contributed by atoms with Gasteiger partial charge < -0.3 is 21.1 Å². The zero-order valence-electron chi connectivity index (χ0n) is 31.1. The number of likely N-dealkylation sites (tertiary alicyclic amines) is 1. The number of piperidine rings is 1. The molecule has 3 amide bonds. The van der Waals surface area contributed by atoms with Crippen LogP contribution in [0.3, 0.4) is 0 Å². The second kappa shape index (κ2) is 16.0. The third kappa shape index (κ3) is 9.53. The van der Waals surface area contributed by atoms with Gasteiger partial charge in [0, 0.05) is 24.9 Å². The molecular formula is C39H54N6O6S. The lowest BCUT2D eigenvalue weighted by atomic mass is 9.72. The van der Waals surface area contributed by atoms with E-state index in [1.165, 1.54) is 20.0 Å². The van der Waals surface area contributed by atoms with Crippen LogP contribution in [0.4, 0.5) is 0 Å². The SMILES string of the molecule is CC(C)(C)NC(=O)C1CC2CCCCC2CN1CC(O)C(Cc1ccccc1)NC(=O)C(NC(=O)c1cnc2ccccc2n1)C(C)(C)S(C)(=O)=O. The van der Waals surface area contributed by atoms with Crippen molar-refractivity contribution >= 4 is 38.6 Å². The fraction of sp³-hybridized carbons (Fsp3) is 0.564. The van der Waals surface area contributed by atoms with Crippen LogP contribution in [0, 0.1) is 11.8 Å². The molecule has 1 saturated carbocycles. The molecular weight excluding hydrogens is 681 g/mol. The highest BCUT2D eigenvalue weighted by Crippen LogP contribution is 2.39. The molecule has 2 heterocycles. The Bertz CT molecular complexity index is 1850. The van der Waals surface area contributed by atoms with Gasteiger partial charge in [-0.3, -0.25) is 24.3 Å². The number of sulfone groups is 1. The van der Waals surface area contributed by atoms with Crippen LogP contribution in [-0.2, 0) is 25.8 Å². The molecule has 0 spiro atoms. The van der Waals surface area contributed by atoms with E-state index in [2.05, 4.69) is 30.8 Å². The number of rotatable bonds is 12. The summed E-state index contributed by atoms with van der Waals surface area (Å²) in [5.74, 6) is -0.770. The van der Waals surface area contributed by atoms with E-state index in [1.54, 1.807) is 24.3 Å². The Morgan fingerprint density at radius 2 is 1.56 bits per heavy atom. The third-order valence-electron chi connectivity index (χ3n) is 10.7. The van der Waals surface area contributed by atoms with Gasteiger partial charge >= 0.3 is 0 Å². The lowest BCUT2D eigenvalue weighted by molar-refractivity contribution is -0.133. The Balaban J connectivity index is 1.43. The molecule has 1 saturated heterocycles. The Labute approximate surface area is 307 Å². The number of hydrogen-bond donors (Lipinski definition) is 4. The molecule has 52 heavy (non-hydrogen) atoms. The number of carbonyl (C=O) groups is 3. The first kappa shape index (κ1) is 39.3. The predicted molar refractivity (Wildman–Crippen MR) is 201 cm³/mol. The number of nitrogens with zero attached hydrogens (tertiary/aromatic N) is 3. The summed E-state index contributed by atoms with van der Waals surface area (Å²) < 4.78 is 24.5. The number of aliphatic hydroxyl groups is 1. The van der Waals surface area contributed by atoms with Gasteiger partial charge in [-0.15, -0.1) is 0 Å². The topological polar surface area (TPSA) is 171 Å². The summed E-state index contributed by atoms with van der Waals surface area (Å²) in [6.07, 6.45) is 6.52. The maximum absolute atomic E-state index is 14.3. The van der Waals surface area contributed by atoms with E-state index < -0.39 is 56.2 Å². The Hall–Kier alpha value is -3.94. The number of nitrogens with one attached hydrogen (secondary N) is 3. The summed E-state index contributed by atoms with van der Waals surface area (Å²) in [6.45, 7) is 9.37. The highest BCUT2D eigenvalue weighted by Gasteiger charge is 2.46. The van der Waals surface area contributed by atoms with Crippen molar-refractivity contribution in [3.8, 4) is 0 Å². The van der Waals surface area contributed by atoms with Crippen molar-refractivity contribution in [2.24, 2.45) is 11.8 Å². The van der Waals surface area contributed by atoms with Crippen LogP contribution in [-0.4, -0.2) is 100.0 Å². The molecule has 13 heteroatoms. The second-order valence-electron chi connectivity index (χ2n) is 16.1. The average molecular weight is 735 g/mol. The molecule has 2 aromatic carbocycles. The number of aromatic nitrogens is 2. The molecule has 1 aliphatic heterocycles. The molecule has 282 valence electrons. The highest BCUT2D eigenvalue weighted by atomic mass is 32.2. The van der Waals surface area contributed by atoms with E-state index in [4.69, 9.17) is 0 Å². The molecule has 1 aromatic heterocycles. The van der Waals surface area contributed by atoms with E-state index in [1.807, 2.05) is 51.1 Å². The van der Waals surface area contributed by atoms with Crippen molar-refractivity contribution in [3.63, 3.8) is 0 Å². The maximum Gasteiger partial charge on any atom is 0.272 e. The maximum atomic E-state index is 14.3. The standard InChI is InChI=1S/C39H54N6O6S/c1-38(2,3)44-36(48)32-21-26-16-10-11-17-27(26)23-45(32)24-33(46)30(20-25-14-8-7-9-15-25)42-37(49)34(39(4,5)52(6,50)51)43-35(47)31-22-40-28-18-12-13-19-29(28)41-31/h7-9,12-15,18-19,22,26-27,30,32-34,46H,10-11,16-17,20-21,23-24H2,1-6H3,(H,42,49)(H,43,47)(H,44,48). The molecule has 1 aliphatic carbocycles. The van der Waals surface area contributed by atoms with E-state index in [0.717, 1.165) is 37.5 Å². The molecule has 2 fully saturated rings. The normalized spacial score (nSPS) is 21.7. The van der Waals surface area contributed by atoms with Gasteiger partial charge in [0.25, 0.3) is 5.91 Å². The van der Waals surface area contributed by atoms with Gasteiger partial charge in [0.1, 0.15) is 11.7 Å². The quantitative estimate of drug-likeness (QED) is 0.218. The lowest BCUT2D eigenvalue weighted by Gasteiger charge is -2.47. The monoisotopic (exact) mass is 734 g/mol. The first-order chi connectivity index (χ1) is 24.4. The van der Waals surface area contributed by atoms with Crippen LogP contribution in [0.25, 0.3) is 11.0 Å². The number of fused-ring (bicyclic) bond motifs is 2. The van der Waals surface area contributed by atoms with E-state index >= 15 is 0 Å². The molecule has 6 unspecified atom stereocenters. The summed E-state index contributed by atoms with van der Waals surface area (Å²) >= 11 is 0. The van der Waals surface area contributed by atoms with Crippen molar-refractivity contribution < 1.29 is 27.9 Å². The van der Waals surface area contributed by atoms with Gasteiger partial charge in [-0.25, -0.2) is 13.4 Å². The van der Waals surface area contributed by atoms with Crippen molar-refractivity contribution in [2.75, 3.05) is 19.3 Å². The Kier molecular flexibility index (Phi) is 12.1. The minimum atomic E-state index is -3.92. The lowest BCUT2D eigenvalue weighted by Crippen LogP contribution is -2.64.